The van der Waals surface area contributed by atoms with Crippen LogP contribution in [0.25, 0.3) is 5.65 Å². The number of piperidine rings is 1. The Bertz CT molecular complexity index is 864. The molecule has 0 unspecified atom stereocenters. The molecule has 130 valence electrons. The van der Waals surface area contributed by atoms with Gasteiger partial charge in [0, 0.05) is 31.4 Å². The zero-order chi connectivity index (χ0) is 17.4. The molecule has 1 aliphatic heterocycles. The van der Waals surface area contributed by atoms with E-state index in [2.05, 4.69) is 15.2 Å². The number of halogens is 3. The fourth-order valence-electron chi connectivity index (χ4n) is 3.25. The van der Waals surface area contributed by atoms with Gasteiger partial charge in [-0.15, -0.1) is 10.2 Å². The van der Waals surface area contributed by atoms with Crippen LogP contribution >= 0.6 is 0 Å². The van der Waals surface area contributed by atoms with Gasteiger partial charge >= 0.3 is 6.18 Å². The number of nitrogens with zero attached hydrogens (tertiary/aromatic N) is 5. The zero-order valence-electron chi connectivity index (χ0n) is 13.3. The summed E-state index contributed by atoms with van der Waals surface area (Å²) >= 11 is 0. The summed E-state index contributed by atoms with van der Waals surface area (Å²) in [6.45, 7) is 1.45. The van der Waals surface area contributed by atoms with Gasteiger partial charge in [0.15, 0.2) is 5.65 Å². The number of aromatic nitrogens is 4. The van der Waals surface area contributed by atoms with Crippen molar-refractivity contribution in [3.8, 4) is 0 Å². The number of hydrogen-bond donors (Lipinski definition) is 0. The van der Waals surface area contributed by atoms with Crippen LogP contribution in [0.5, 0.6) is 0 Å². The van der Waals surface area contributed by atoms with E-state index >= 15 is 0 Å². The fraction of sp³-hybridized carbons (Fsp3) is 0.353. The molecule has 0 saturated carbocycles. The molecule has 5 nitrogen and oxygen atoms in total. The Labute approximate surface area is 142 Å². The van der Waals surface area contributed by atoms with Crippen molar-refractivity contribution in [3.05, 3.63) is 54.1 Å². The molecule has 0 radical (unpaired) electrons. The molecule has 0 aromatic carbocycles. The molecule has 3 aromatic heterocycles. The zero-order valence-corrected chi connectivity index (χ0v) is 13.3. The van der Waals surface area contributed by atoms with Crippen molar-refractivity contribution in [2.24, 2.45) is 0 Å². The van der Waals surface area contributed by atoms with E-state index in [4.69, 9.17) is 0 Å². The molecule has 3 aromatic rings. The Morgan fingerprint density at radius 2 is 1.80 bits per heavy atom. The van der Waals surface area contributed by atoms with E-state index in [1.165, 1.54) is 6.07 Å². The lowest BCUT2D eigenvalue weighted by molar-refractivity contribution is -0.137. The lowest BCUT2D eigenvalue weighted by Crippen LogP contribution is -2.34. The van der Waals surface area contributed by atoms with E-state index in [9.17, 15) is 13.2 Å². The molecular formula is C17H16F3N5. The van der Waals surface area contributed by atoms with E-state index in [0.29, 0.717) is 5.82 Å². The van der Waals surface area contributed by atoms with E-state index in [0.717, 1.165) is 49.7 Å². The molecule has 0 bridgehead atoms. The summed E-state index contributed by atoms with van der Waals surface area (Å²) in [5.41, 5.74) is 0.102. The van der Waals surface area contributed by atoms with E-state index in [1.807, 2.05) is 33.7 Å². The summed E-state index contributed by atoms with van der Waals surface area (Å²) in [5, 5.41) is 8.49. The molecule has 0 atom stereocenters. The highest BCUT2D eigenvalue weighted by atomic mass is 19.4. The molecule has 0 aliphatic carbocycles. The van der Waals surface area contributed by atoms with Gasteiger partial charge < -0.3 is 4.90 Å². The van der Waals surface area contributed by atoms with Gasteiger partial charge in [0.2, 0.25) is 0 Å². The van der Waals surface area contributed by atoms with Gasteiger partial charge in [0.05, 0.1) is 5.56 Å². The summed E-state index contributed by atoms with van der Waals surface area (Å²) in [7, 11) is 0. The second-order valence-electron chi connectivity index (χ2n) is 6.15. The van der Waals surface area contributed by atoms with Gasteiger partial charge in [-0.1, -0.05) is 6.07 Å². The average molecular weight is 347 g/mol. The molecular weight excluding hydrogens is 331 g/mol. The van der Waals surface area contributed by atoms with Gasteiger partial charge in [-0.2, -0.15) is 13.2 Å². The average Bonchev–Trinajstić information content (AvgIpc) is 3.05. The highest BCUT2D eigenvalue weighted by molar-refractivity contribution is 5.41. The standard InChI is InChI=1S/C17H16F3N5/c18-17(19,20)13-4-5-14(21-11-13)24-9-6-12(7-10-24)16-23-22-15-3-1-2-8-25(15)16/h1-5,8,11-12H,6-7,9-10H2. The Morgan fingerprint density at radius 1 is 1.00 bits per heavy atom. The molecule has 4 rings (SSSR count). The third-order valence-corrected chi connectivity index (χ3v) is 4.60. The molecule has 8 heteroatoms. The quantitative estimate of drug-likeness (QED) is 0.712. The minimum Gasteiger partial charge on any atom is -0.357 e. The summed E-state index contributed by atoms with van der Waals surface area (Å²) in [5.74, 6) is 1.80. The van der Waals surface area contributed by atoms with Crippen molar-refractivity contribution in [2.75, 3.05) is 18.0 Å². The van der Waals surface area contributed by atoms with E-state index in [-0.39, 0.29) is 5.92 Å². The van der Waals surface area contributed by atoms with Crippen molar-refractivity contribution in [1.82, 2.24) is 19.6 Å². The maximum absolute atomic E-state index is 12.6. The van der Waals surface area contributed by atoms with E-state index in [1.54, 1.807) is 0 Å². The van der Waals surface area contributed by atoms with E-state index < -0.39 is 11.7 Å². The molecule has 0 spiro atoms. The van der Waals surface area contributed by atoms with Gasteiger partial charge in [-0.05, 0) is 37.1 Å². The Morgan fingerprint density at radius 3 is 2.48 bits per heavy atom. The van der Waals surface area contributed by atoms with Gasteiger partial charge in [-0.3, -0.25) is 4.40 Å². The maximum atomic E-state index is 12.6. The number of anilines is 1. The van der Waals surface area contributed by atoms with Gasteiger partial charge in [0.1, 0.15) is 11.6 Å². The molecule has 25 heavy (non-hydrogen) atoms. The first kappa shape index (κ1) is 15.9. The predicted molar refractivity (Wildman–Crippen MR) is 86.4 cm³/mol. The second kappa shape index (κ2) is 6.02. The van der Waals surface area contributed by atoms with Gasteiger partial charge in [0.25, 0.3) is 0 Å². The van der Waals surface area contributed by atoms with Crippen LogP contribution in [-0.2, 0) is 6.18 Å². The lowest BCUT2D eigenvalue weighted by atomic mass is 9.96. The summed E-state index contributed by atoms with van der Waals surface area (Å²) < 4.78 is 39.9. The van der Waals surface area contributed by atoms with Crippen LogP contribution in [0.2, 0.25) is 0 Å². The largest absolute Gasteiger partial charge is 0.417 e. The SMILES string of the molecule is FC(F)(F)c1ccc(N2CCC(c3nnc4ccccn34)CC2)nc1. The van der Waals surface area contributed by atoms with Gasteiger partial charge in [-0.25, -0.2) is 4.98 Å². The summed E-state index contributed by atoms with van der Waals surface area (Å²) in [6, 6.07) is 8.31. The molecule has 1 fully saturated rings. The number of fused-ring (bicyclic) bond motifs is 1. The van der Waals surface area contributed by atoms with Crippen molar-refractivity contribution in [2.45, 2.75) is 24.9 Å². The van der Waals surface area contributed by atoms with Crippen LogP contribution in [0.3, 0.4) is 0 Å². The van der Waals surface area contributed by atoms with Crippen molar-refractivity contribution in [1.29, 1.82) is 0 Å². The normalized spacial score (nSPS) is 16.5. The van der Waals surface area contributed by atoms with Crippen molar-refractivity contribution in [3.63, 3.8) is 0 Å². The third kappa shape index (κ3) is 3.04. The van der Waals surface area contributed by atoms with Crippen LogP contribution in [0.1, 0.15) is 30.1 Å². The minimum absolute atomic E-state index is 0.281. The van der Waals surface area contributed by atoms with Crippen LogP contribution in [0.15, 0.2) is 42.7 Å². The van der Waals surface area contributed by atoms with Crippen molar-refractivity contribution < 1.29 is 13.2 Å². The lowest BCUT2D eigenvalue weighted by Gasteiger charge is -2.32. The predicted octanol–water partition coefficient (Wildman–Crippen LogP) is 3.53. The first-order valence-electron chi connectivity index (χ1n) is 8.10. The highest BCUT2D eigenvalue weighted by Crippen LogP contribution is 2.32. The minimum atomic E-state index is -4.35. The monoisotopic (exact) mass is 347 g/mol. The van der Waals surface area contributed by atoms with Crippen molar-refractivity contribution >= 4 is 11.5 Å². The Balaban J connectivity index is 1.46. The molecule has 1 aliphatic rings. The second-order valence-corrected chi connectivity index (χ2v) is 6.15. The smallest absolute Gasteiger partial charge is 0.357 e. The number of rotatable bonds is 2. The summed E-state index contributed by atoms with van der Waals surface area (Å²) in [4.78, 5) is 5.99. The topological polar surface area (TPSA) is 46.3 Å². The number of hydrogen-bond acceptors (Lipinski definition) is 4. The molecule has 0 N–H and O–H groups in total. The fourth-order valence-corrected chi connectivity index (χ4v) is 3.25. The Hall–Kier alpha value is -2.64. The van der Waals surface area contributed by atoms with Crippen LogP contribution in [0, 0.1) is 0 Å². The highest BCUT2D eigenvalue weighted by Gasteiger charge is 2.31. The van der Waals surface area contributed by atoms with Crippen LogP contribution in [0.4, 0.5) is 19.0 Å². The van der Waals surface area contributed by atoms with Crippen LogP contribution in [-0.4, -0.2) is 32.7 Å². The van der Waals surface area contributed by atoms with Crippen LogP contribution < -0.4 is 4.90 Å². The maximum Gasteiger partial charge on any atom is 0.417 e. The first-order valence-corrected chi connectivity index (χ1v) is 8.10. The molecule has 0 amide bonds. The third-order valence-electron chi connectivity index (χ3n) is 4.60. The first-order chi connectivity index (χ1) is 12.0. The number of pyridine rings is 2. The number of alkyl halides is 3. The molecule has 4 heterocycles. The molecule has 1 saturated heterocycles. The summed E-state index contributed by atoms with van der Waals surface area (Å²) in [6.07, 6.45) is 0.214. The Kier molecular flexibility index (Phi) is 3.82.